The number of methoxy groups -OCH3 is 2. The minimum Gasteiger partial charge on any atom is -0.497 e. The highest BCUT2D eigenvalue weighted by Crippen LogP contribution is 2.29. The summed E-state index contributed by atoms with van der Waals surface area (Å²) in [5, 5.41) is 12.4. The largest absolute Gasteiger partial charge is 0.497 e. The lowest BCUT2D eigenvalue weighted by Crippen LogP contribution is -2.30. The molecule has 0 saturated heterocycles. The number of nitrogens with one attached hydrogen (secondary N) is 1. The standard InChI is InChI=1S/C15H23NO5/c1-11(17)13-6-5-12(20-3)9-14(13)21-10-15(18)16-7-4-8-19-2/h5-6,9,11,17H,4,7-8,10H2,1-3H3,(H,16,18). The Hall–Kier alpha value is -1.79. The second-order valence-corrected chi connectivity index (χ2v) is 4.56. The summed E-state index contributed by atoms with van der Waals surface area (Å²) in [6.07, 6.45) is 0.0658. The Labute approximate surface area is 125 Å². The van der Waals surface area contributed by atoms with Crippen LogP contribution in [0.15, 0.2) is 18.2 Å². The van der Waals surface area contributed by atoms with Crippen LogP contribution in [0, 0.1) is 0 Å². The van der Waals surface area contributed by atoms with Crippen LogP contribution in [0.5, 0.6) is 11.5 Å². The molecule has 0 heterocycles. The molecule has 0 aliphatic carbocycles. The Morgan fingerprint density at radius 3 is 2.76 bits per heavy atom. The van der Waals surface area contributed by atoms with Gasteiger partial charge in [-0.1, -0.05) is 0 Å². The first-order valence-electron chi connectivity index (χ1n) is 6.83. The molecule has 0 aliphatic rings. The molecule has 6 heteroatoms. The van der Waals surface area contributed by atoms with Gasteiger partial charge in [0, 0.05) is 31.9 Å². The van der Waals surface area contributed by atoms with Crippen LogP contribution < -0.4 is 14.8 Å². The molecule has 2 N–H and O–H groups in total. The Bertz CT molecular complexity index is 448. The van der Waals surface area contributed by atoms with E-state index in [0.717, 1.165) is 6.42 Å². The summed E-state index contributed by atoms with van der Waals surface area (Å²) in [6.45, 7) is 2.67. The molecule has 0 aromatic heterocycles. The summed E-state index contributed by atoms with van der Waals surface area (Å²) in [5.41, 5.74) is 0.614. The molecule has 0 saturated carbocycles. The van der Waals surface area contributed by atoms with Crippen molar-refractivity contribution in [3.8, 4) is 11.5 Å². The Balaban J connectivity index is 2.55. The van der Waals surface area contributed by atoms with Crippen LogP contribution in [-0.2, 0) is 9.53 Å². The maximum Gasteiger partial charge on any atom is 0.257 e. The van der Waals surface area contributed by atoms with Crippen molar-refractivity contribution in [1.82, 2.24) is 5.32 Å². The van der Waals surface area contributed by atoms with Crippen molar-refractivity contribution in [3.63, 3.8) is 0 Å². The summed E-state index contributed by atoms with van der Waals surface area (Å²) in [5.74, 6) is 0.830. The maximum absolute atomic E-state index is 11.6. The molecular formula is C15H23NO5. The van der Waals surface area contributed by atoms with Gasteiger partial charge in [0.05, 0.1) is 13.2 Å². The number of ether oxygens (including phenoxy) is 3. The normalized spacial score (nSPS) is 11.8. The fourth-order valence-electron chi connectivity index (χ4n) is 1.75. The van der Waals surface area contributed by atoms with Gasteiger partial charge in [0.1, 0.15) is 11.5 Å². The van der Waals surface area contributed by atoms with Crippen molar-refractivity contribution in [2.24, 2.45) is 0 Å². The van der Waals surface area contributed by atoms with Crippen LogP contribution in [-0.4, -0.2) is 45.0 Å². The number of aliphatic hydroxyl groups excluding tert-OH is 1. The van der Waals surface area contributed by atoms with Gasteiger partial charge in [-0.3, -0.25) is 4.79 Å². The highest BCUT2D eigenvalue weighted by molar-refractivity contribution is 5.77. The molecule has 0 bridgehead atoms. The number of carbonyl (C=O) groups is 1. The number of aliphatic hydroxyl groups is 1. The molecule has 6 nitrogen and oxygen atoms in total. The predicted octanol–water partition coefficient (Wildman–Crippen LogP) is 1.28. The van der Waals surface area contributed by atoms with Gasteiger partial charge in [0.25, 0.3) is 5.91 Å². The fourth-order valence-corrected chi connectivity index (χ4v) is 1.75. The lowest BCUT2D eigenvalue weighted by Gasteiger charge is -2.14. The lowest BCUT2D eigenvalue weighted by molar-refractivity contribution is -0.123. The third-order valence-electron chi connectivity index (χ3n) is 2.88. The van der Waals surface area contributed by atoms with E-state index >= 15 is 0 Å². The topological polar surface area (TPSA) is 77.0 Å². The quantitative estimate of drug-likeness (QED) is 0.671. The number of carbonyl (C=O) groups excluding carboxylic acids is 1. The number of hydrogen-bond acceptors (Lipinski definition) is 5. The van der Waals surface area contributed by atoms with Crippen LogP contribution >= 0.6 is 0 Å². The van der Waals surface area contributed by atoms with Crippen LogP contribution in [0.25, 0.3) is 0 Å². The van der Waals surface area contributed by atoms with Crippen molar-refractivity contribution in [2.45, 2.75) is 19.4 Å². The molecule has 0 spiro atoms. The summed E-state index contributed by atoms with van der Waals surface area (Å²) < 4.78 is 15.5. The minimum absolute atomic E-state index is 0.111. The molecule has 1 unspecified atom stereocenters. The second kappa shape index (κ2) is 9.20. The zero-order valence-electron chi connectivity index (χ0n) is 12.7. The average molecular weight is 297 g/mol. The van der Waals surface area contributed by atoms with E-state index in [-0.39, 0.29) is 12.5 Å². The SMILES string of the molecule is COCCCNC(=O)COc1cc(OC)ccc1C(C)O. The molecule has 118 valence electrons. The van der Waals surface area contributed by atoms with Crippen LogP contribution in [0.4, 0.5) is 0 Å². The van der Waals surface area contributed by atoms with Crippen molar-refractivity contribution in [1.29, 1.82) is 0 Å². The summed E-state index contributed by atoms with van der Waals surface area (Å²) in [7, 11) is 3.16. The van der Waals surface area contributed by atoms with E-state index in [0.29, 0.717) is 30.2 Å². The number of hydrogen-bond donors (Lipinski definition) is 2. The highest BCUT2D eigenvalue weighted by Gasteiger charge is 2.12. The average Bonchev–Trinajstić information content (AvgIpc) is 2.49. The highest BCUT2D eigenvalue weighted by atomic mass is 16.5. The summed E-state index contributed by atoms with van der Waals surface area (Å²) in [4.78, 5) is 11.6. The van der Waals surface area contributed by atoms with Gasteiger partial charge in [-0.15, -0.1) is 0 Å². The predicted molar refractivity (Wildman–Crippen MR) is 78.6 cm³/mol. The van der Waals surface area contributed by atoms with Gasteiger partial charge in [-0.25, -0.2) is 0 Å². The molecule has 1 aromatic rings. The lowest BCUT2D eigenvalue weighted by atomic mass is 10.1. The molecule has 1 amide bonds. The molecule has 1 rings (SSSR count). The van der Waals surface area contributed by atoms with E-state index in [2.05, 4.69) is 5.32 Å². The van der Waals surface area contributed by atoms with Crippen LogP contribution in [0.2, 0.25) is 0 Å². The monoisotopic (exact) mass is 297 g/mol. The molecule has 21 heavy (non-hydrogen) atoms. The van der Waals surface area contributed by atoms with Gasteiger partial charge < -0.3 is 24.6 Å². The van der Waals surface area contributed by atoms with Gasteiger partial charge in [0.2, 0.25) is 0 Å². The number of amides is 1. The molecule has 1 atom stereocenters. The maximum atomic E-state index is 11.6. The van der Waals surface area contributed by atoms with Crippen LogP contribution in [0.3, 0.4) is 0 Å². The molecule has 0 aliphatic heterocycles. The van der Waals surface area contributed by atoms with Crippen molar-refractivity contribution in [3.05, 3.63) is 23.8 Å². The Morgan fingerprint density at radius 1 is 1.38 bits per heavy atom. The van der Waals surface area contributed by atoms with Gasteiger partial charge in [-0.05, 0) is 25.5 Å². The molecule has 0 radical (unpaired) electrons. The van der Waals surface area contributed by atoms with Gasteiger partial charge in [-0.2, -0.15) is 0 Å². The van der Waals surface area contributed by atoms with E-state index in [9.17, 15) is 9.90 Å². The third kappa shape index (κ3) is 6.01. The first-order valence-corrected chi connectivity index (χ1v) is 6.83. The summed E-state index contributed by atoms with van der Waals surface area (Å²) >= 11 is 0. The zero-order chi connectivity index (χ0) is 15.7. The third-order valence-corrected chi connectivity index (χ3v) is 2.88. The Kier molecular flexibility index (Phi) is 7.56. The summed E-state index contributed by atoms with van der Waals surface area (Å²) in [6, 6.07) is 5.11. The van der Waals surface area contributed by atoms with E-state index < -0.39 is 6.10 Å². The molecule has 0 fully saturated rings. The first kappa shape index (κ1) is 17.3. The number of benzene rings is 1. The Morgan fingerprint density at radius 2 is 2.14 bits per heavy atom. The van der Waals surface area contributed by atoms with Crippen molar-refractivity contribution in [2.75, 3.05) is 34.0 Å². The van der Waals surface area contributed by atoms with E-state index in [1.807, 2.05) is 0 Å². The van der Waals surface area contributed by atoms with Gasteiger partial charge in [0.15, 0.2) is 6.61 Å². The smallest absolute Gasteiger partial charge is 0.257 e. The fraction of sp³-hybridized carbons (Fsp3) is 0.533. The van der Waals surface area contributed by atoms with Crippen molar-refractivity contribution < 1.29 is 24.1 Å². The zero-order valence-corrected chi connectivity index (χ0v) is 12.7. The van der Waals surface area contributed by atoms with E-state index in [4.69, 9.17) is 14.2 Å². The van der Waals surface area contributed by atoms with Crippen molar-refractivity contribution >= 4 is 5.91 Å². The van der Waals surface area contributed by atoms with Gasteiger partial charge >= 0.3 is 0 Å². The van der Waals surface area contributed by atoms with Crippen LogP contribution in [0.1, 0.15) is 25.0 Å². The number of rotatable bonds is 9. The van der Waals surface area contributed by atoms with E-state index in [1.165, 1.54) is 0 Å². The molecular weight excluding hydrogens is 274 g/mol. The van der Waals surface area contributed by atoms with E-state index in [1.54, 1.807) is 39.3 Å². The minimum atomic E-state index is -0.685. The second-order valence-electron chi connectivity index (χ2n) is 4.56. The first-order chi connectivity index (χ1) is 10.1. The molecule has 1 aromatic carbocycles.